The van der Waals surface area contributed by atoms with Crippen molar-refractivity contribution in [2.75, 3.05) is 26.7 Å². The van der Waals surface area contributed by atoms with E-state index >= 15 is 0 Å². The van der Waals surface area contributed by atoms with Gasteiger partial charge in [-0.05, 0) is 50.2 Å². The van der Waals surface area contributed by atoms with Gasteiger partial charge in [0, 0.05) is 18.2 Å². The molecule has 1 saturated heterocycles. The van der Waals surface area contributed by atoms with Gasteiger partial charge < -0.3 is 19.0 Å². The maximum Gasteiger partial charge on any atom is 0.226 e. The highest BCUT2D eigenvalue weighted by molar-refractivity contribution is 5.78. The van der Waals surface area contributed by atoms with Crippen molar-refractivity contribution in [3.05, 3.63) is 60.2 Å². The molecule has 7 heteroatoms. The van der Waals surface area contributed by atoms with Crippen LogP contribution in [0.3, 0.4) is 0 Å². The number of carbonyl (C=O) groups excluding carboxylic acids is 1. The summed E-state index contributed by atoms with van der Waals surface area (Å²) in [6, 6.07) is 13.2. The lowest BCUT2D eigenvalue weighted by molar-refractivity contribution is -0.120. The van der Waals surface area contributed by atoms with Gasteiger partial charge >= 0.3 is 0 Å². The average molecular weight is 395 g/mol. The fourth-order valence-corrected chi connectivity index (χ4v) is 3.69. The zero-order valence-corrected chi connectivity index (χ0v) is 16.5. The molecule has 1 N–H and O–H groups in total. The van der Waals surface area contributed by atoms with Crippen molar-refractivity contribution >= 4 is 5.91 Å². The van der Waals surface area contributed by atoms with Crippen LogP contribution >= 0.6 is 0 Å². The van der Waals surface area contributed by atoms with Gasteiger partial charge in [-0.3, -0.25) is 9.69 Å². The second kappa shape index (κ2) is 8.96. The lowest BCUT2D eigenvalue weighted by Crippen LogP contribution is -2.37. The monoisotopic (exact) mass is 395 g/mol. The molecular weight excluding hydrogens is 370 g/mol. The topological polar surface area (TPSA) is 80.7 Å². The number of hydrogen-bond acceptors (Lipinski definition) is 6. The predicted octanol–water partition coefficient (Wildman–Crippen LogP) is 3.44. The highest BCUT2D eigenvalue weighted by Crippen LogP contribution is 2.26. The van der Waals surface area contributed by atoms with E-state index in [1.54, 1.807) is 19.4 Å². The summed E-state index contributed by atoms with van der Waals surface area (Å²) in [7, 11) is 1.62. The number of likely N-dealkylation sites (tertiary alicyclic amines) is 1. The summed E-state index contributed by atoms with van der Waals surface area (Å²) in [6.45, 7) is 2.55. The van der Waals surface area contributed by atoms with Gasteiger partial charge in [0.2, 0.25) is 5.91 Å². The summed E-state index contributed by atoms with van der Waals surface area (Å²) in [5, 5.41) is 7.06. The molecule has 1 aliphatic rings. The molecule has 3 aromatic rings. The molecule has 1 unspecified atom stereocenters. The van der Waals surface area contributed by atoms with E-state index in [2.05, 4.69) is 15.4 Å². The zero-order valence-electron chi connectivity index (χ0n) is 16.5. The number of hydrogen-bond donors (Lipinski definition) is 1. The van der Waals surface area contributed by atoms with Crippen LogP contribution in [0.2, 0.25) is 0 Å². The minimum atomic E-state index is -0.0914. The van der Waals surface area contributed by atoms with Gasteiger partial charge in [0.05, 0.1) is 31.5 Å². The van der Waals surface area contributed by atoms with Crippen LogP contribution in [0, 0.1) is 0 Å². The smallest absolute Gasteiger partial charge is 0.226 e. The highest BCUT2D eigenvalue weighted by Gasteiger charge is 2.26. The molecular formula is C22H25N3O4. The van der Waals surface area contributed by atoms with Gasteiger partial charge in [0.15, 0.2) is 5.76 Å². The molecule has 1 aliphatic heterocycles. The Labute approximate surface area is 169 Å². The van der Waals surface area contributed by atoms with Crippen molar-refractivity contribution in [3.63, 3.8) is 0 Å². The molecule has 152 valence electrons. The second-order valence-electron chi connectivity index (χ2n) is 7.17. The number of aromatic nitrogens is 1. The number of ether oxygens (including phenoxy) is 1. The lowest BCUT2D eigenvalue weighted by Gasteiger charge is -2.25. The molecule has 0 radical (unpaired) electrons. The quantitative estimate of drug-likeness (QED) is 0.629. The molecule has 0 bridgehead atoms. The van der Waals surface area contributed by atoms with Crippen molar-refractivity contribution in [1.82, 2.24) is 15.4 Å². The normalized spacial score (nSPS) is 15.3. The van der Waals surface area contributed by atoms with E-state index in [0.717, 1.165) is 30.2 Å². The Balaban J connectivity index is 1.36. The van der Waals surface area contributed by atoms with Crippen molar-refractivity contribution in [1.29, 1.82) is 0 Å². The maximum absolute atomic E-state index is 12.5. The summed E-state index contributed by atoms with van der Waals surface area (Å²) in [4.78, 5) is 14.8. The number of nitrogens with zero attached hydrogens (tertiary/aromatic N) is 2. The van der Waals surface area contributed by atoms with Crippen molar-refractivity contribution in [3.8, 4) is 17.1 Å². The van der Waals surface area contributed by atoms with Crippen LogP contribution in [0.25, 0.3) is 11.3 Å². The van der Waals surface area contributed by atoms with Crippen molar-refractivity contribution in [2.24, 2.45) is 0 Å². The first kappa shape index (κ1) is 19.3. The zero-order chi connectivity index (χ0) is 20.1. The molecule has 1 fully saturated rings. The molecule has 1 aromatic carbocycles. The first-order chi connectivity index (χ1) is 14.2. The number of carbonyl (C=O) groups is 1. The number of amides is 1. The Hall–Kier alpha value is -3.06. The summed E-state index contributed by atoms with van der Waals surface area (Å²) >= 11 is 0. The van der Waals surface area contributed by atoms with Crippen LogP contribution in [0.1, 0.15) is 30.3 Å². The van der Waals surface area contributed by atoms with E-state index < -0.39 is 0 Å². The van der Waals surface area contributed by atoms with Crippen LogP contribution in [-0.4, -0.2) is 42.7 Å². The molecule has 0 saturated carbocycles. The van der Waals surface area contributed by atoms with Crippen LogP contribution < -0.4 is 10.1 Å². The molecule has 2 aromatic heterocycles. The van der Waals surface area contributed by atoms with Crippen LogP contribution in [0.15, 0.2) is 57.7 Å². The summed E-state index contributed by atoms with van der Waals surface area (Å²) in [6.07, 6.45) is 4.20. The number of rotatable bonds is 8. The first-order valence-electron chi connectivity index (χ1n) is 9.87. The Morgan fingerprint density at radius 2 is 2.10 bits per heavy atom. The molecule has 7 nitrogen and oxygen atoms in total. The molecule has 0 spiro atoms. The van der Waals surface area contributed by atoms with Crippen molar-refractivity contribution < 1.29 is 18.5 Å². The highest BCUT2D eigenvalue weighted by atomic mass is 16.5. The third-order valence-electron chi connectivity index (χ3n) is 5.20. The summed E-state index contributed by atoms with van der Waals surface area (Å²) < 4.78 is 16.2. The van der Waals surface area contributed by atoms with E-state index in [-0.39, 0.29) is 18.4 Å². The first-order valence-corrected chi connectivity index (χ1v) is 9.87. The lowest BCUT2D eigenvalue weighted by atomic mass is 10.1. The van der Waals surface area contributed by atoms with Gasteiger partial charge in [-0.25, -0.2) is 0 Å². The second-order valence-corrected chi connectivity index (χ2v) is 7.17. The van der Waals surface area contributed by atoms with Gasteiger partial charge in [0.1, 0.15) is 11.5 Å². The average Bonchev–Trinajstić information content (AvgIpc) is 3.51. The van der Waals surface area contributed by atoms with Gasteiger partial charge in [-0.2, -0.15) is 0 Å². The molecule has 1 atom stereocenters. The van der Waals surface area contributed by atoms with E-state index in [9.17, 15) is 4.79 Å². The number of furan rings is 1. The predicted molar refractivity (Wildman–Crippen MR) is 107 cm³/mol. The van der Waals surface area contributed by atoms with E-state index in [0.29, 0.717) is 18.0 Å². The Morgan fingerprint density at radius 3 is 2.86 bits per heavy atom. The van der Waals surface area contributed by atoms with Crippen LogP contribution in [0.5, 0.6) is 5.75 Å². The van der Waals surface area contributed by atoms with E-state index in [4.69, 9.17) is 13.7 Å². The molecule has 1 amide bonds. The molecule has 3 heterocycles. The van der Waals surface area contributed by atoms with E-state index in [1.807, 2.05) is 36.4 Å². The van der Waals surface area contributed by atoms with Gasteiger partial charge in [0.25, 0.3) is 0 Å². The fraction of sp³-hybridized carbons (Fsp3) is 0.364. The minimum Gasteiger partial charge on any atom is -0.497 e. The van der Waals surface area contributed by atoms with Gasteiger partial charge in [-0.15, -0.1) is 0 Å². The standard InChI is InChI=1S/C22H25N3O4/c1-27-18-7-4-6-16(12-18)21-13-17(24-29-21)14-22(26)23-15-19(20-8-5-11-28-20)25-9-2-3-10-25/h4-8,11-13,19H,2-3,9-10,14-15H2,1H3,(H,23,26). The maximum atomic E-state index is 12.5. The Morgan fingerprint density at radius 1 is 1.24 bits per heavy atom. The number of methoxy groups -OCH3 is 1. The Bertz CT molecular complexity index is 929. The third kappa shape index (κ3) is 4.68. The van der Waals surface area contributed by atoms with Crippen molar-refractivity contribution in [2.45, 2.75) is 25.3 Å². The van der Waals surface area contributed by atoms with Crippen LogP contribution in [-0.2, 0) is 11.2 Å². The molecule has 0 aliphatic carbocycles. The van der Waals surface area contributed by atoms with E-state index in [1.165, 1.54) is 12.8 Å². The summed E-state index contributed by atoms with van der Waals surface area (Å²) in [5.41, 5.74) is 1.45. The van der Waals surface area contributed by atoms with Gasteiger partial charge in [-0.1, -0.05) is 17.3 Å². The SMILES string of the molecule is COc1cccc(-c2cc(CC(=O)NCC(c3ccco3)N3CCCC3)no2)c1. The summed E-state index contributed by atoms with van der Waals surface area (Å²) in [5.74, 6) is 2.14. The largest absolute Gasteiger partial charge is 0.497 e. The molecule has 29 heavy (non-hydrogen) atoms. The van der Waals surface area contributed by atoms with Crippen LogP contribution in [0.4, 0.5) is 0 Å². The Kier molecular flexibility index (Phi) is 5.95. The third-order valence-corrected chi connectivity index (χ3v) is 5.20. The number of nitrogens with one attached hydrogen (secondary N) is 1. The number of benzene rings is 1. The fourth-order valence-electron chi connectivity index (χ4n) is 3.69. The molecule has 4 rings (SSSR count). The minimum absolute atomic E-state index is 0.0566.